The van der Waals surface area contributed by atoms with E-state index in [4.69, 9.17) is 16.3 Å². The monoisotopic (exact) mass is 382 g/mol. The Labute approximate surface area is 162 Å². The van der Waals surface area contributed by atoms with E-state index in [1.807, 2.05) is 17.0 Å². The smallest absolute Gasteiger partial charge is 0.270 e. The molecule has 0 aromatic heterocycles. The largest absolute Gasteiger partial charge is 0.497 e. The van der Waals surface area contributed by atoms with E-state index in [2.05, 4.69) is 11.4 Å². The summed E-state index contributed by atoms with van der Waals surface area (Å²) in [6, 6.07) is 12.6. The lowest BCUT2D eigenvalue weighted by Crippen LogP contribution is -2.51. The SMILES string of the molecule is COc1ccc2c(c1)C1CN/C(=C\C(=O)c3cccc(Cl)c3)C(=O)N1CC2. The van der Waals surface area contributed by atoms with Crippen LogP contribution in [0.3, 0.4) is 0 Å². The third kappa shape index (κ3) is 3.30. The highest BCUT2D eigenvalue weighted by molar-refractivity contribution is 6.31. The lowest BCUT2D eigenvalue weighted by Gasteiger charge is -2.41. The molecule has 2 aromatic carbocycles. The Bertz CT molecular complexity index is 954. The van der Waals surface area contributed by atoms with Crippen LogP contribution in [0.4, 0.5) is 0 Å². The molecule has 2 aromatic rings. The van der Waals surface area contributed by atoms with Crippen LogP contribution in [0.2, 0.25) is 5.02 Å². The van der Waals surface area contributed by atoms with Gasteiger partial charge < -0.3 is 15.0 Å². The van der Waals surface area contributed by atoms with E-state index in [1.54, 1.807) is 31.4 Å². The average molecular weight is 383 g/mol. The van der Waals surface area contributed by atoms with Crippen molar-refractivity contribution in [2.24, 2.45) is 0 Å². The third-order valence-electron chi connectivity index (χ3n) is 5.07. The molecular weight excluding hydrogens is 364 g/mol. The summed E-state index contributed by atoms with van der Waals surface area (Å²) in [6.07, 6.45) is 2.16. The standard InChI is InChI=1S/C21H19ClN2O3/c1-27-16-6-5-13-7-8-24-19(17(13)10-16)12-23-18(21(24)26)11-20(25)14-3-2-4-15(22)9-14/h2-6,9-11,19,23H,7-8,12H2,1H3/b18-11-. The quantitative estimate of drug-likeness (QED) is 0.654. The van der Waals surface area contributed by atoms with Crippen LogP contribution in [0.15, 0.2) is 54.2 Å². The van der Waals surface area contributed by atoms with E-state index < -0.39 is 0 Å². The number of ketones is 1. The molecule has 138 valence electrons. The van der Waals surface area contributed by atoms with Gasteiger partial charge in [-0.05, 0) is 41.8 Å². The van der Waals surface area contributed by atoms with Crippen molar-refractivity contribution in [1.29, 1.82) is 0 Å². The number of carbonyl (C=O) groups excluding carboxylic acids is 2. The summed E-state index contributed by atoms with van der Waals surface area (Å²) in [6.45, 7) is 1.19. The molecule has 1 unspecified atom stereocenters. The maximum Gasteiger partial charge on any atom is 0.270 e. The van der Waals surface area contributed by atoms with E-state index in [0.717, 1.165) is 17.7 Å². The van der Waals surface area contributed by atoms with Crippen molar-refractivity contribution in [3.63, 3.8) is 0 Å². The van der Waals surface area contributed by atoms with Crippen molar-refractivity contribution in [2.75, 3.05) is 20.2 Å². The van der Waals surface area contributed by atoms with Crippen LogP contribution in [-0.4, -0.2) is 36.8 Å². The van der Waals surface area contributed by atoms with E-state index in [1.165, 1.54) is 11.6 Å². The number of rotatable bonds is 3. The Morgan fingerprint density at radius 3 is 2.93 bits per heavy atom. The number of amides is 1. The second-order valence-corrected chi connectivity index (χ2v) is 7.08. The zero-order valence-electron chi connectivity index (χ0n) is 14.9. The minimum atomic E-state index is -0.245. The van der Waals surface area contributed by atoms with Crippen molar-refractivity contribution in [2.45, 2.75) is 12.5 Å². The van der Waals surface area contributed by atoms with Gasteiger partial charge in [-0.1, -0.05) is 29.8 Å². The fourth-order valence-electron chi connectivity index (χ4n) is 3.67. The van der Waals surface area contributed by atoms with Gasteiger partial charge in [-0.3, -0.25) is 9.59 Å². The number of nitrogens with one attached hydrogen (secondary N) is 1. The molecule has 0 bridgehead atoms. The number of allylic oxidation sites excluding steroid dienone is 1. The van der Waals surface area contributed by atoms with Crippen LogP contribution in [-0.2, 0) is 11.2 Å². The molecule has 1 N–H and O–H groups in total. The number of hydrogen-bond acceptors (Lipinski definition) is 4. The van der Waals surface area contributed by atoms with Crippen LogP contribution in [0.5, 0.6) is 5.75 Å². The number of halogens is 1. The first kappa shape index (κ1) is 17.6. The summed E-state index contributed by atoms with van der Waals surface area (Å²) in [4.78, 5) is 27.3. The third-order valence-corrected chi connectivity index (χ3v) is 5.31. The molecule has 0 radical (unpaired) electrons. The van der Waals surface area contributed by atoms with Gasteiger partial charge in [0.25, 0.3) is 5.91 Å². The van der Waals surface area contributed by atoms with Crippen LogP contribution < -0.4 is 10.1 Å². The Kier molecular flexibility index (Phi) is 4.62. The van der Waals surface area contributed by atoms with Gasteiger partial charge in [0.2, 0.25) is 0 Å². The first-order valence-corrected chi connectivity index (χ1v) is 9.18. The minimum absolute atomic E-state index is 0.0604. The van der Waals surface area contributed by atoms with Crippen molar-refractivity contribution in [3.05, 3.63) is 76.0 Å². The predicted molar refractivity (Wildman–Crippen MR) is 103 cm³/mol. The van der Waals surface area contributed by atoms with E-state index in [-0.39, 0.29) is 17.7 Å². The summed E-state index contributed by atoms with van der Waals surface area (Å²) in [5.74, 6) is 0.376. The average Bonchev–Trinajstić information content (AvgIpc) is 2.69. The van der Waals surface area contributed by atoms with Gasteiger partial charge in [-0.15, -0.1) is 0 Å². The molecule has 1 amide bonds. The van der Waals surface area contributed by atoms with Crippen molar-refractivity contribution in [3.8, 4) is 5.75 Å². The van der Waals surface area contributed by atoms with Crippen LogP contribution in [0.25, 0.3) is 0 Å². The Balaban J connectivity index is 1.59. The Hall–Kier alpha value is -2.79. The van der Waals surface area contributed by atoms with Gasteiger partial charge in [-0.2, -0.15) is 0 Å². The number of fused-ring (bicyclic) bond motifs is 3. The molecule has 1 fully saturated rings. The lowest BCUT2D eigenvalue weighted by atomic mass is 9.90. The Morgan fingerprint density at radius 2 is 2.15 bits per heavy atom. The van der Waals surface area contributed by atoms with Crippen molar-refractivity contribution in [1.82, 2.24) is 10.2 Å². The van der Waals surface area contributed by atoms with Crippen LogP contribution >= 0.6 is 11.6 Å². The lowest BCUT2D eigenvalue weighted by molar-refractivity contribution is -0.132. The molecule has 4 rings (SSSR count). The summed E-state index contributed by atoms with van der Waals surface area (Å²) >= 11 is 5.95. The summed E-state index contributed by atoms with van der Waals surface area (Å²) in [5.41, 5.74) is 3.11. The van der Waals surface area contributed by atoms with Gasteiger partial charge in [-0.25, -0.2) is 0 Å². The summed E-state index contributed by atoms with van der Waals surface area (Å²) < 4.78 is 5.33. The second-order valence-electron chi connectivity index (χ2n) is 6.64. The molecule has 2 aliphatic rings. The zero-order valence-corrected chi connectivity index (χ0v) is 15.6. The second kappa shape index (κ2) is 7.08. The van der Waals surface area contributed by atoms with Crippen LogP contribution in [0.1, 0.15) is 27.5 Å². The molecular formula is C21H19ClN2O3. The molecule has 1 saturated heterocycles. The topological polar surface area (TPSA) is 58.6 Å². The van der Waals surface area contributed by atoms with Gasteiger partial charge in [0.1, 0.15) is 11.4 Å². The number of ether oxygens (including phenoxy) is 1. The molecule has 1 atom stereocenters. The number of carbonyl (C=O) groups is 2. The molecule has 5 nitrogen and oxygen atoms in total. The first-order valence-electron chi connectivity index (χ1n) is 8.80. The van der Waals surface area contributed by atoms with Gasteiger partial charge in [0.15, 0.2) is 5.78 Å². The summed E-state index contributed by atoms with van der Waals surface area (Å²) in [5, 5.41) is 3.63. The normalized spacial score (nSPS) is 19.9. The summed E-state index contributed by atoms with van der Waals surface area (Å²) in [7, 11) is 1.63. The van der Waals surface area contributed by atoms with Gasteiger partial charge in [0, 0.05) is 29.8 Å². The van der Waals surface area contributed by atoms with Gasteiger partial charge >= 0.3 is 0 Å². The molecule has 0 aliphatic carbocycles. The molecule has 2 heterocycles. The van der Waals surface area contributed by atoms with Crippen molar-refractivity contribution < 1.29 is 14.3 Å². The maximum atomic E-state index is 12.9. The zero-order chi connectivity index (χ0) is 19.0. The van der Waals surface area contributed by atoms with E-state index in [0.29, 0.717) is 29.4 Å². The molecule has 0 spiro atoms. The predicted octanol–water partition coefficient (Wildman–Crippen LogP) is 3.14. The number of nitrogens with zero attached hydrogens (tertiary/aromatic N) is 1. The molecule has 27 heavy (non-hydrogen) atoms. The van der Waals surface area contributed by atoms with Crippen molar-refractivity contribution >= 4 is 23.3 Å². The highest BCUT2D eigenvalue weighted by Crippen LogP contribution is 2.34. The van der Waals surface area contributed by atoms with E-state index in [9.17, 15) is 9.59 Å². The van der Waals surface area contributed by atoms with Crippen LogP contribution in [0, 0.1) is 0 Å². The minimum Gasteiger partial charge on any atom is -0.497 e. The fourth-order valence-corrected chi connectivity index (χ4v) is 3.86. The molecule has 0 saturated carbocycles. The first-order chi connectivity index (χ1) is 13.1. The molecule has 2 aliphatic heterocycles. The van der Waals surface area contributed by atoms with Gasteiger partial charge in [0.05, 0.1) is 13.2 Å². The fraction of sp³-hybridized carbons (Fsp3) is 0.238. The number of hydrogen-bond donors (Lipinski definition) is 1. The van der Waals surface area contributed by atoms with E-state index >= 15 is 0 Å². The number of benzene rings is 2. The Morgan fingerprint density at radius 1 is 1.30 bits per heavy atom. The highest BCUT2D eigenvalue weighted by atomic mass is 35.5. The molecule has 6 heteroatoms. The number of piperazine rings is 1. The highest BCUT2D eigenvalue weighted by Gasteiger charge is 2.36. The maximum absolute atomic E-state index is 12.9. The number of methoxy groups -OCH3 is 1.